The second-order valence-corrected chi connectivity index (χ2v) is 4.52. The fourth-order valence-electron chi connectivity index (χ4n) is 1.99. The van der Waals surface area contributed by atoms with Crippen molar-refractivity contribution in [1.29, 1.82) is 0 Å². The maximum Gasteiger partial charge on any atom is 0.253 e. The van der Waals surface area contributed by atoms with Gasteiger partial charge in [0.15, 0.2) is 0 Å². The summed E-state index contributed by atoms with van der Waals surface area (Å²) in [5, 5.41) is 6.20. The molecule has 1 aliphatic heterocycles. The van der Waals surface area contributed by atoms with E-state index in [1.165, 1.54) is 0 Å². The molecule has 1 aromatic heterocycles. The Labute approximate surface area is 107 Å². The van der Waals surface area contributed by atoms with Crippen molar-refractivity contribution in [3.05, 3.63) is 29.1 Å². The second-order valence-electron chi connectivity index (χ2n) is 4.52. The number of ether oxygens (including phenoxy) is 1. The number of rotatable bonds is 3. The van der Waals surface area contributed by atoms with E-state index in [-0.39, 0.29) is 11.9 Å². The highest BCUT2D eigenvalue weighted by Gasteiger charge is 2.15. The Kier molecular flexibility index (Phi) is 4.28. The molecule has 0 bridgehead atoms. The first kappa shape index (κ1) is 13.0. The van der Waals surface area contributed by atoms with Gasteiger partial charge in [-0.25, -0.2) is 0 Å². The third kappa shape index (κ3) is 3.27. The van der Waals surface area contributed by atoms with Gasteiger partial charge in [0.05, 0.1) is 24.5 Å². The van der Waals surface area contributed by atoms with Crippen LogP contribution in [-0.2, 0) is 4.74 Å². The van der Waals surface area contributed by atoms with Crippen LogP contribution in [0.5, 0.6) is 0 Å². The number of hydrogen-bond acceptors (Lipinski definition) is 4. The maximum atomic E-state index is 12.0. The number of carbonyl (C=O) groups is 1. The molecule has 0 aromatic carbocycles. The highest BCUT2D eigenvalue weighted by atomic mass is 16.5. The lowest BCUT2D eigenvalue weighted by molar-refractivity contribution is 0.0734. The lowest BCUT2D eigenvalue weighted by Gasteiger charge is -2.24. The van der Waals surface area contributed by atoms with Crippen molar-refractivity contribution in [3.63, 3.8) is 0 Å². The SMILES string of the molecule is Cc1ccc(C(=O)NCC2COCCN2)c(C)n1. The standard InChI is InChI=1S/C13H19N3O2/c1-9-3-4-12(10(2)16-9)13(17)15-7-11-8-18-6-5-14-11/h3-4,11,14H,5-8H2,1-2H3,(H,15,17). The number of nitrogens with one attached hydrogen (secondary N) is 2. The molecule has 0 spiro atoms. The van der Waals surface area contributed by atoms with E-state index in [4.69, 9.17) is 4.74 Å². The molecular formula is C13H19N3O2. The summed E-state index contributed by atoms with van der Waals surface area (Å²) in [7, 11) is 0. The average Bonchev–Trinajstić information content (AvgIpc) is 2.37. The molecule has 1 unspecified atom stereocenters. The minimum atomic E-state index is -0.0765. The fraction of sp³-hybridized carbons (Fsp3) is 0.538. The minimum Gasteiger partial charge on any atom is -0.378 e. The van der Waals surface area contributed by atoms with E-state index in [9.17, 15) is 4.79 Å². The van der Waals surface area contributed by atoms with Crippen molar-refractivity contribution < 1.29 is 9.53 Å². The predicted octanol–water partition coefficient (Wildman–Crippen LogP) is 0.417. The first-order valence-corrected chi connectivity index (χ1v) is 6.20. The molecule has 1 amide bonds. The van der Waals surface area contributed by atoms with Gasteiger partial charge in [0.1, 0.15) is 0 Å². The van der Waals surface area contributed by atoms with Gasteiger partial charge in [-0.3, -0.25) is 9.78 Å². The van der Waals surface area contributed by atoms with Crippen LogP contribution >= 0.6 is 0 Å². The highest BCUT2D eigenvalue weighted by Crippen LogP contribution is 2.06. The van der Waals surface area contributed by atoms with Gasteiger partial charge in [-0.05, 0) is 26.0 Å². The summed E-state index contributed by atoms with van der Waals surface area (Å²) >= 11 is 0. The number of morpholine rings is 1. The van der Waals surface area contributed by atoms with Gasteiger partial charge in [0.25, 0.3) is 5.91 Å². The van der Waals surface area contributed by atoms with E-state index in [1.807, 2.05) is 26.0 Å². The Hall–Kier alpha value is -1.46. The molecule has 2 heterocycles. The van der Waals surface area contributed by atoms with E-state index < -0.39 is 0 Å². The van der Waals surface area contributed by atoms with Crippen LogP contribution in [0.15, 0.2) is 12.1 Å². The van der Waals surface area contributed by atoms with E-state index in [1.54, 1.807) is 0 Å². The molecule has 1 saturated heterocycles. The summed E-state index contributed by atoms with van der Waals surface area (Å²) in [6.45, 7) is 6.57. The van der Waals surface area contributed by atoms with Crippen molar-refractivity contribution in [1.82, 2.24) is 15.6 Å². The molecular weight excluding hydrogens is 230 g/mol. The monoisotopic (exact) mass is 249 g/mol. The molecule has 0 radical (unpaired) electrons. The van der Waals surface area contributed by atoms with Crippen molar-refractivity contribution in [2.24, 2.45) is 0 Å². The van der Waals surface area contributed by atoms with Crippen LogP contribution in [0.3, 0.4) is 0 Å². The third-order valence-corrected chi connectivity index (χ3v) is 2.98. The maximum absolute atomic E-state index is 12.0. The smallest absolute Gasteiger partial charge is 0.253 e. The van der Waals surface area contributed by atoms with Crippen LogP contribution in [-0.4, -0.2) is 43.2 Å². The average molecular weight is 249 g/mol. The minimum absolute atomic E-state index is 0.0765. The lowest BCUT2D eigenvalue weighted by Crippen LogP contribution is -2.48. The van der Waals surface area contributed by atoms with Gasteiger partial charge in [-0.2, -0.15) is 0 Å². The van der Waals surface area contributed by atoms with E-state index in [0.29, 0.717) is 18.7 Å². The summed E-state index contributed by atoms with van der Waals surface area (Å²) in [5.74, 6) is -0.0765. The highest BCUT2D eigenvalue weighted by molar-refractivity contribution is 5.95. The van der Waals surface area contributed by atoms with Crippen LogP contribution in [0.25, 0.3) is 0 Å². The molecule has 5 nitrogen and oxygen atoms in total. The lowest BCUT2D eigenvalue weighted by atomic mass is 10.1. The molecule has 98 valence electrons. The summed E-state index contributed by atoms with van der Waals surface area (Å²) in [6.07, 6.45) is 0. The number of aromatic nitrogens is 1. The number of aryl methyl sites for hydroxylation is 2. The summed E-state index contributed by atoms with van der Waals surface area (Å²) in [5.41, 5.74) is 2.32. The Morgan fingerprint density at radius 1 is 1.56 bits per heavy atom. The number of carbonyl (C=O) groups excluding carboxylic acids is 1. The largest absolute Gasteiger partial charge is 0.378 e. The molecule has 1 atom stereocenters. The number of hydrogen-bond donors (Lipinski definition) is 2. The van der Waals surface area contributed by atoms with Crippen LogP contribution in [0, 0.1) is 13.8 Å². The van der Waals surface area contributed by atoms with Gasteiger partial charge in [0, 0.05) is 24.8 Å². The summed E-state index contributed by atoms with van der Waals surface area (Å²) in [6, 6.07) is 3.86. The Morgan fingerprint density at radius 2 is 2.39 bits per heavy atom. The van der Waals surface area contributed by atoms with Crippen LogP contribution in [0.1, 0.15) is 21.7 Å². The van der Waals surface area contributed by atoms with Crippen LogP contribution in [0.4, 0.5) is 0 Å². The number of pyridine rings is 1. The van der Waals surface area contributed by atoms with Crippen molar-refractivity contribution in [3.8, 4) is 0 Å². The molecule has 1 fully saturated rings. The quantitative estimate of drug-likeness (QED) is 0.815. The first-order chi connectivity index (χ1) is 8.66. The molecule has 2 rings (SSSR count). The van der Waals surface area contributed by atoms with Crippen LogP contribution < -0.4 is 10.6 Å². The zero-order valence-corrected chi connectivity index (χ0v) is 10.8. The van der Waals surface area contributed by atoms with E-state index >= 15 is 0 Å². The Bertz CT molecular complexity index is 428. The van der Waals surface area contributed by atoms with Crippen molar-refractivity contribution in [2.45, 2.75) is 19.9 Å². The molecule has 1 aromatic rings. The zero-order chi connectivity index (χ0) is 13.0. The summed E-state index contributed by atoms with van der Waals surface area (Å²) < 4.78 is 5.33. The van der Waals surface area contributed by atoms with Gasteiger partial charge in [-0.1, -0.05) is 0 Å². The van der Waals surface area contributed by atoms with E-state index in [0.717, 1.165) is 24.5 Å². The molecule has 2 N–H and O–H groups in total. The normalized spacial score (nSPS) is 19.6. The zero-order valence-electron chi connectivity index (χ0n) is 10.8. The van der Waals surface area contributed by atoms with Crippen molar-refractivity contribution >= 4 is 5.91 Å². The predicted molar refractivity (Wildman–Crippen MR) is 68.7 cm³/mol. The van der Waals surface area contributed by atoms with Gasteiger partial charge in [0.2, 0.25) is 0 Å². The third-order valence-electron chi connectivity index (χ3n) is 2.98. The molecule has 0 saturated carbocycles. The molecule has 0 aliphatic carbocycles. The van der Waals surface area contributed by atoms with Crippen molar-refractivity contribution in [2.75, 3.05) is 26.3 Å². The topological polar surface area (TPSA) is 63.2 Å². The second kappa shape index (κ2) is 5.93. The Morgan fingerprint density at radius 3 is 3.06 bits per heavy atom. The van der Waals surface area contributed by atoms with E-state index in [2.05, 4.69) is 15.6 Å². The Balaban J connectivity index is 1.90. The first-order valence-electron chi connectivity index (χ1n) is 6.20. The number of amides is 1. The number of nitrogens with zero attached hydrogens (tertiary/aromatic N) is 1. The molecule has 5 heteroatoms. The molecule has 1 aliphatic rings. The van der Waals surface area contributed by atoms with Gasteiger partial charge in [-0.15, -0.1) is 0 Å². The van der Waals surface area contributed by atoms with Gasteiger partial charge >= 0.3 is 0 Å². The van der Waals surface area contributed by atoms with Crippen LogP contribution in [0.2, 0.25) is 0 Å². The van der Waals surface area contributed by atoms with Gasteiger partial charge < -0.3 is 15.4 Å². The molecule has 18 heavy (non-hydrogen) atoms. The summed E-state index contributed by atoms with van der Waals surface area (Å²) in [4.78, 5) is 16.3. The fourth-order valence-corrected chi connectivity index (χ4v) is 1.99.